The number of nitrogens with zero attached hydrogens (tertiary/aromatic N) is 6. The van der Waals surface area contributed by atoms with Crippen LogP contribution in [-0.2, 0) is 18.7 Å². The number of rotatable bonds is 7. The van der Waals surface area contributed by atoms with Crippen molar-refractivity contribution in [1.29, 1.82) is 0 Å². The van der Waals surface area contributed by atoms with Crippen molar-refractivity contribution in [2.75, 3.05) is 0 Å². The minimum absolute atomic E-state index is 0.670. The minimum atomic E-state index is 0.670. The first kappa shape index (κ1) is 14.2. The number of hydrogen-bond donors (Lipinski definition) is 1. The highest BCUT2D eigenvalue weighted by atomic mass is 32.2. The van der Waals surface area contributed by atoms with E-state index in [1.54, 1.807) is 11.3 Å². The van der Waals surface area contributed by atoms with E-state index >= 15 is 0 Å². The van der Waals surface area contributed by atoms with Gasteiger partial charge in [-0.15, -0.1) is 21.5 Å². The number of H-pyrrole nitrogens is 1. The summed E-state index contributed by atoms with van der Waals surface area (Å²) in [5, 5.41) is 21.7. The first-order chi connectivity index (χ1) is 10.3. The Bertz CT molecular complexity index is 673. The Morgan fingerprint density at radius 2 is 2.38 bits per heavy atom. The van der Waals surface area contributed by atoms with E-state index in [0.29, 0.717) is 5.75 Å². The van der Waals surface area contributed by atoms with Gasteiger partial charge in [-0.25, -0.2) is 9.67 Å². The summed E-state index contributed by atoms with van der Waals surface area (Å²) in [5.74, 6) is 2.41. The fourth-order valence-corrected chi connectivity index (χ4v) is 3.30. The lowest BCUT2D eigenvalue weighted by Gasteiger charge is -2.00. The number of aryl methyl sites for hydroxylation is 1. The summed E-state index contributed by atoms with van der Waals surface area (Å²) < 4.78 is 1.83. The second-order valence-corrected chi connectivity index (χ2v) is 6.40. The molecule has 0 saturated carbocycles. The van der Waals surface area contributed by atoms with Gasteiger partial charge < -0.3 is 0 Å². The predicted octanol–water partition coefficient (Wildman–Crippen LogP) is 2.15. The lowest BCUT2D eigenvalue weighted by atomic mass is 10.3. The largest absolute Gasteiger partial charge is 0.262 e. The Morgan fingerprint density at radius 1 is 1.43 bits per heavy atom. The van der Waals surface area contributed by atoms with Gasteiger partial charge in [0.25, 0.3) is 0 Å². The molecule has 3 aromatic heterocycles. The number of aromatic nitrogens is 7. The van der Waals surface area contributed by atoms with E-state index in [-0.39, 0.29) is 0 Å². The van der Waals surface area contributed by atoms with Crippen molar-refractivity contribution in [3.05, 3.63) is 34.0 Å². The minimum Gasteiger partial charge on any atom is -0.262 e. The summed E-state index contributed by atoms with van der Waals surface area (Å²) in [6, 6.07) is 4.14. The molecule has 1 N–H and O–H groups in total. The fourth-order valence-electron chi connectivity index (χ4n) is 1.84. The van der Waals surface area contributed by atoms with Crippen LogP contribution >= 0.6 is 23.1 Å². The summed E-state index contributed by atoms with van der Waals surface area (Å²) in [4.78, 5) is 5.76. The molecule has 0 aromatic carbocycles. The number of thiophene rings is 1. The highest BCUT2D eigenvalue weighted by molar-refractivity contribution is 7.98. The van der Waals surface area contributed by atoms with Crippen LogP contribution in [-0.4, -0.2) is 35.4 Å². The fraction of sp³-hybridized carbons (Fsp3) is 0.417. The van der Waals surface area contributed by atoms with Crippen molar-refractivity contribution >= 4 is 23.1 Å². The molecule has 7 nitrogen and oxygen atoms in total. The van der Waals surface area contributed by atoms with Crippen LogP contribution in [0, 0.1) is 0 Å². The number of nitrogens with one attached hydrogen (secondary N) is 1. The summed E-state index contributed by atoms with van der Waals surface area (Å²) in [7, 11) is 0. The molecule has 3 rings (SSSR count). The number of thioether (sulfide) groups is 1. The van der Waals surface area contributed by atoms with E-state index in [1.807, 2.05) is 10.7 Å². The molecule has 9 heteroatoms. The molecule has 0 amide bonds. The smallest absolute Gasteiger partial charge is 0.208 e. The van der Waals surface area contributed by atoms with E-state index in [2.05, 4.69) is 49.1 Å². The summed E-state index contributed by atoms with van der Waals surface area (Å²) in [6.45, 7) is 2.94. The molecule has 0 spiro atoms. The Hall–Kier alpha value is -1.74. The monoisotopic (exact) mass is 321 g/mol. The molecule has 0 saturated heterocycles. The molecule has 0 fully saturated rings. The third-order valence-electron chi connectivity index (χ3n) is 2.80. The molecule has 0 radical (unpaired) electrons. The van der Waals surface area contributed by atoms with E-state index in [9.17, 15) is 0 Å². The number of aromatic amines is 1. The van der Waals surface area contributed by atoms with Gasteiger partial charge in [-0.05, 0) is 28.3 Å². The topological polar surface area (TPSA) is 85.2 Å². The summed E-state index contributed by atoms with van der Waals surface area (Å²) in [6.07, 6.45) is 1.80. The van der Waals surface area contributed by atoms with Crippen LogP contribution in [0.4, 0.5) is 0 Å². The third-order valence-corrected chi connectivity index (χ3v) is 4.52. The van der Waals surface area contributed by atoms with Gasteiger partial charge in [0.15, 0.2) is 5.82 Å². The van der Waals surface area contributed by atoms with Gasteiger partial charge in [-0.2, -0.15) is 0 Å². The molecule has 110 valence electrons. The summed E-state index contributed by atoms with van der Waals surface area (Å²) >= 11 is 3.26. The Balaban J connectivity index is 1.58. The molecule has 0 bridgehead atoms. The SMILES string of the molecule is CCCn1nnnc1CSc1n[nH]c(Cc2cccs2)n1. The zero-order valence-corrected chi connectivity index (χ0v) is 13.2. The average Bonchev–Trinajstić information content (AvgIpc) is 3.20. The lowest BCUT2D eigenvalue weighted by molar-refractivity contribution is 0.564. The highest BCUT2D eigenvalue weighted by Crippen LogP contribution is 2.19. The second kappa shape index (κ2) is 6.81. The first-order valence-corrected chi connectivity index (χ1v) is 8.53. The van der Waals surface area contributed by atoms with Gasteiger partial charge in [0.2, 0.25) is 5.16 Å². The highest BCUT2D eigenvalue weighted by Gasteiger charge is 2.09. The van der Waals surface area contributed by atoms with Crippen molar-refractivity contribution in [1.82, 2.24) is 35.4 Å². The maximum absolute atomic E-state index is 4.49. The quantitative estimate of drug-likeness (QED) is 0.671. The Labute approximate surface area is 130 Å². The molecular weight excluding hydrogens is 306 g/mol. The van der Waals surface area contributed by atoms with Crippen LogP contribution in [0.1, 0.15) is 29.9 Å². The van der Waals surface area contributed by atoms with Crippen LogP contribution in [0.5, 0.6) is 0 Å². The van der Waals surface area contributed by atoms with E-state index < -0.39 is 0 Å². The van der Waals surface area contributed by atoms with Gasteiger partial charge in [0.05, 0.1) is 5.75 Å². The van der Waals surface area contributed by atoms with Crippen LogP contribution in [0.25, 0.3) is 0 Å². The van der Waals surface area contributed by atoms with E-state index in [1.165, 1.54) is 16.6 Å². The van der Waals surface area contributed by atoms with Crippen molar-refractivity contribution in [3.63, 3.8) is 0 Å². The van der Waals surface area contributed by atoms with Gasteiger partial charge in [0.1, 0.15) is 5.82 Å². The molecule has 0 aliphatic rings. The number of tetrazole rings is 1. The van der Waals surface area contributed by atoms with Crippen LogP contribution in [0.15, 0.2) is 22.7 Å². The number of hydrogen-bond acceptors (Lipinski definition) is 7. The van der Waals surface area contributed by atoms with Crippen LogP contribution in [0.2, 0.25) is 0 Å². The molecule has 0 unspecified atom stereocenters. The Morgan fingerprint density at radius 3 is 3.19 bits per heavy atom. The normalized spacial score (nSPS) is 11.1. The summed E-state index contributed by atoms with van der Waals surface area (Å²) in [5.41, 5.74) is 0. The molecular formula is C12H15N7S2. The average molecular weight is 321 g/mol. The molecule has 21 heavy (non-hydrogen) atoms. The standard InChI is InChI=1S/C12H15N7S2/c1-2-5-19-11(15-17-18-19)8-21-12-13-10(14-16-12)7-9-4-3-6-20-9/h3-4,6H,2,5,7-8H2,1H3,(H,13,14,16). The molecule has 0 atom stereocenters. The van der Waals surface area contributed by atoms with Gasteiger partial charge in [-0.1, -0.05) is 24.8 Å². The van der Waals surface area contributed by atoms with Gasteiger partial charge in [-0.3, -0.25) is 5.10 Å². The zero-order chi connectivity index (χ0) is 14.5. The van der Waals surface area contributed by atoms with Crippen LogP contribution < -0.4 is 0 Å². The third kappa shape index (κ3) is 3.67. The van der Waals surface area contributed by atoms with Crippen LogP contribution in [0.3, 0.4) is 0 Å². The molecule has 3 heterocycles. The van der Waals surface area contributed by atoms with Crippen molar-refractivity contribution in [2.24, 2.45) is 0 Å². The maximum atomic E-state index is 4.49. The van der Waals surface area contributed by atoms with E-state index in [0.717, 1.165) is 36.2 Å². The van der Waals surface area contributed by atoms with E-state index in [4.69, 9.17) is 0 Å². The first-order valence-electron chi connectivity index (χ1n) is 6.66. The predicted molar refractivity (Wildman–Crippen MR) is 81.2 cm³/mol. The second-order valence-electron chi connectivity index (χ2n) is 4.43. The molecule has 3 aromatic rings. The van der Waals surface area contributed by atoms with Gasteiger partial charge in [0, 0.05) is 17.8 Å². The van der Waals surface area contributed by atoms with Crippen molar-refractivity contribution < 1.29 is 0 Å². The molecule has 0 aliphatic heterocycles. The Kier molecular flexibility index (Phi) is 4.61. The van der Waals surface area contributed by atoms with Crippen molar-refractivity contribution in [2.45, 2.75) is 37.2 Å². The zero-order valence-electron chi connectivity index (χ0n) is 11.6. The van der Waals surface area contributed by atoms with Crippen molar-refractivity contribution in [3.8, 4) is 0 Å². The lowest BCUT2D eigenvalue weighted by Crippen LogP contribution is -2.04. The molecule has 0 aliphatic carbocycles. The maximum Gasteiger partial charge on any atom is 0.208 e. The van der Waals surface area contributed by atoms with Gasteiger partial charge >= 0.3 is 0 Å².